The number of nitrogens with one attached hydrogen (secondary N) is 2. The fourth-order valence-electron chi connectivity index (χ4n) is 5.66. The number of ether oxygens (including phenoxy) is 1. The number of carbonyl (C=O) groups is 2. The molecule has 1 heterocycles. The van der Waals surface area contributed by atoms with Crippen molar-refractivity contribution in [2.75, 3.05) is 37.0 Å². The maximum atomic E-state index is 13.3. The van der Waals surface area contributed by atoms with Crippen molar-refractivity contribution in [3.8, 4) is 16.9 Å². The Balaban J connectivity index is 1.42. The van der Waals surface area contributed by atoms with Crippen molar-refractivity contribution in [2.24, 2.45) is 11.8 Å². The topological polar surface area (TPSA) is 70.7 Å². The van der Waals surface area contributed by atoms with Gasteiger partial charge in [-0.15, -0.1) is 0 Å². The largest absolute Gasteiger partial charge is 0.497 e. The molecule has 1 aliphatic rings. The fraction of sp³-hybridized carbons (Fsp3) is 0.278. The second-order valence-electron chi connectivity index (χ2n) is 10.4. The van der Waals surface area contributed by atoms with Gasteiger partial charge in [0.2, 0.25) is 5.91 Å². The Labute approximate surface area is 249 Å². The summed E-state index contributed by atoms with van der Waals surface area (Å²) in [4.78, 5) is 28.7. The van der Waals surface area contributed by atoms with Crippen LogP contribution < -0.4 is 20.3 Å². The number of benzene rings is 3. The Kier molecular flexibility index (Phi) is 10.8. The van der Waals surface area contributed by atoms with Crippen molar-refractivity contribution in [1.29, 1.82) is 0 Å². The highest BCUT2D eigenvalue weighted by atomic mass is 16.5. The van der Waals surface area contributed by atoms with Crippen LogP contribution in [0.5, 0.6) is 5.75 Å². The molecule has 6 heteroatoms. The first-order valence-corrected chi connectivity index (χ1v) is 14.6. The Morgan fingerprint density at radius 1 is 1.02 bits per heavy atom. The first-order chi connectivity index (χ1) is 20.5. The molecule has 1 atom stereocenters. The molecule has 218 valence electrons. The molecule has 0 aromatic heterocycles. The van der Waals surface area contributed by atoms with Crippen LogP contribution in [0.25, 0.3) is 11.1 Å². The minimum Gasteiger partial charge on any atom is -0.497 e. The van der Waals surface area contributed by atoms with E-state index in [4.69, 9.17) is 4.74 Å². The van der Waals surface area contributed by atoms with Crippen molar-refractivity contribution in [2.45, 2.75) is 26.7 Å². The molecule has 0 spiro atoms. The third-order valence-electron chi connectivity index (χ3n) is 7.74. The van der Waals surface area contributed by atoms with Crippen LogP contribution in [0.3, 0.4) is 0 Å². The smallest absolute Gasteiger partial charge is 0.256 e. The zero-order chi connectivity index (χ0) is 29.9. The van der Waals surface area contributed by atoms with E-state index in [2.05, 4.69) is 34.2 Å². The maximum Gasteiger partial charge on any atom is 0.256 e. The lowest BCUT2D eigenvalue weighted by molar-refractivity contribution is -0.125. The van der Waals surface area contributed by atoms with Crippen molar-refractivity contribution in [3.63, 3.8) is 0 Å². The van der Waals surface area contributed by atoms with Gasteiger partial charge in [0.1, 0.15) is 5.75 Å². The van der Waals surface area contributed by atoms with Crippen LogP contribution in [0, 0.1) is 11.8 Å². The summed E-state index contributed by atoms with van der Waals surface area (Å²) in [6.07, 6.45) is 9.54. The van der Waals surface area contributed by atoms with Crippen LogP contribution in [0.2, 0.25) is 0 Å². The Hall–Kier alpha value is -4.58. The van der Waals surface area contributed by atoms with Crippen LogP contribution in [0.1, 0.15) is 37.0 Å². The Bertz CT molecular complexity index is 1420. The molecule has 1 unspecified atom stereocenters. The first kappa shape index (κ1) is 30.4. The number of rotatable bonds is 11. The van der Waals surface area contributed by atoms with E-state index < -0.39 is 0 Å². The van der Waals surface area contributed by atoms with Crippen molar-refractivity contribution >= 4 is 23.2 Å². The summed E-state index contributed by atoms with van der Waals surface area (Å²) in [6, 6.07) is 23.3. The average molecular weight is 564 g/mol. The normalized spacial score (nSPS) is 14.8. The molecule has 1 saturated heterocycles. The van der Waals surface area contributed by atoms with Gasteiger partial charge in [-0.2, -0.15) is 0 Å². The molecule has 3 aromatic rings. The molecule has 1 fully saturated rings. The monoisotopic (exact) mass is 563 g/mol. The highest BCUT2D eigenvalue weighted by Crippen LogP contribution is 2.34. The molecular formula is C36H41N3O3. The third kappa shape index (κ3) is 7.38. The summed E-state index contributed by atoms with van der Waals surface area (Å²) < 4.78 is 5.27. The lowest BCUT2D eigenvalue weighted by Gasteiger charge is -2.37. The highest BCUT2D eigenvalue weighted by molar-refractivity contribution is 6.08. The third-order valence-corrected chi connectivity index (χ3v) is 7.74. The number of methoxy groups -OCH3 is 1. The van der Waals surface area contributed by atoms with Crippen LogP contribution in [-0.4, -0.2) is 38.6 Å². The lowest BCUT2D eigenvalue weighted by Crippen LogP contribution is -2.42. The molecule has 0 radical (unpaired) electrons. The minimum absolute atomic E-state index is 0.0795. The molecular weight excluding hydrogens is 522 g/mol. The van der Waals surface area contributed by atoms with Gasteiger partial charge in [0.25, 0.3) is 5.91 Å². The van der Waals surface area contributed by atoms with Crippen molar-refractivity contribution in [3.05, 3.63) is 115 Å². The highest BCUT2D eigenvalue weighted by Gasteiger charge is 2.33. The SMILES string of the molecule is C=C/C=C(\C=C/C)C(C(=O)NCC)C1CCN(c2ccc(NC(=O)c3ccccc3-c3ccc(OC)cc3)cc2)CC1. The predicted molar refractivity (Wildman–Crippen MR) is 173 cm³/mol. The maximum absolute atomic E-state index is 13.3. The predicted octanol–water partition coefficient (Wildman–Crippen LogP) is 7.27. The number of hydrogen-bond donors (Lipinski definition) is 2. The van der Waals surface area contributed by atoms with Crippen LogP contribution in [0.4, 0.5) is 11.4 Å². The number of allylic oxidation sites excluding steroid dienone is 4. The van der Waals surface area contributed by atoms with E-state index in [0.29, 0.717) is 12.1 Å². The zero-order valence-corrected chi connectivity index (χ0v) is 24.8. The number of hydrogen-bond acceptors (Lipinski definition) is 4. The summed E-state index contributed by atoms with van der Waals surface area (Å²) in [5.41, 5.74) is 5.28. The van der Waals surface area contributed by atoms with Gasteiger partial charge in [0.15, 0.2) is 0 Å². The molecule has 0 aliphatic carbocycles. The van der Waals surface area contributed by atoms with Gasteiger partial charge in [-0.1, -0.05) is 61.2 Å². The van der Waals surface area contributed by atoms with Crippen LogP contribution in [0.15, 0.2) is 109 Å². The average Bonchev–Trinajstić information content (AvgIpc) is 3.02. The summed E-state index contributed by atoms with van der Waals surface area (Å²) in [7, 11) is 1.64. The van der Waals surface area contributed by atoms with Crippen LogP contribution in [-0.2, 0) is 4.79 Å². The van der Waals surface area contributed by atoms with Crippen LogP contribution >= 0.6 is 0 Å². The molecule has 3 aromatic carbocycles. The number of piperidine rings is 1. The fourth-order valence-corrected chi connectivity index (χ4v) is 5.66. The standard InChI is InChI=1S/C36H41N3O3/c1-5-10-27(11-6-2)34(36(41)37-7-3)28-22-24-39(25-23-28)30-18-16-29(17-19-30)38-35(40)33-13-9-8-12-32(33)26-14-20-31(42-4)21-15-26/h5-6,8-21,28,34H,1,7,22-25H2,2-4H3,(H,37,41)(H,38,40)/b11-6-,27-10+. The first-order valence-electron chi connectivity index (χ1n) is 14.6. The molecule has 2 amide bonds. The molecule has 1 aliphatic heterocycles. The molecule has 6 nitrogen and oxygen atoms in total. The van der Waals surface area contributed by atoms with Gasteiger partial charge in [-0.3, -0.25) is 9.59 Å². The van der Waals surface area contributed by atoms with E-state index in [0.717, 1.165) is 59.8 Å². The minimum atomic E-state index is -0.195. The molecule has 2 N–H and O–H groups in total. The van der Waals surface area contributed by atoms with E-state index in [1.54, 1.807) is 13.2 Å². The van der Waals surface area contributed by atoms with Gasteiger partial charge < -0.3 is 20.3 Å². The van der Waals surface area contributed by atoms with Gasteiger partial charge in [-0.25, -0.2) is 0 Å². The number of carbonyl (C=O) groups excluding carboxylic acids is 2. The zero-order valence-electron chi connectivity index (χ0n) is 24.8. The molecule has 0 bridgehead atoms. The van der Waals surface area contributed by atoms with Gasteiger partial charge in [0, 0.05) is 36.6 Å². The Morgan fingerprint density at radius 2 is 1.71 bits per heavy atom. The summed E-state index contributed by atoms with van der Waals surface area (Å²) in [5.74, 6) is 0.751. The number of nitrogens with zero attached hydrogens (tertiary/aromatic N) is 1. The number of amides is 2. The second-order valence-corrected chi connectivity index (χ2v) is 10.4. The van der Waals surface area contributed by atoms with Crippen molar-refractivity contribution < 1.29 is 14.3 Å². The number of anilines is 2. The van der Waals surface area contributed by atoms with E-state index >= 15 is 0 Å². The van der Waals surface area contributed by atoms with E-state index in [1.165, 1.54) is 0 Å². The van der Waals surface area contributed by atoms with E-state index in [1.807, 2.05) is 92.7 Å². The summed E-state index contributed by atoms with van der Waals surface area (Å²) in [5, 5.41) is 6.09. The van der Waals surface area contributed by atoms with E-state index in [9.17, 15) is 9.59 Å². The second kappa shape index (κ2) is 14.9. The lowest BCUT2D eigenvalue weighted by atomic mass is 9.78. The molecule has 42 heavy (non-hydrogen) atoms. The molecule has 0 saturated carbocycles. The van der Waals surface area contributed by atoms with E-state index in [-0.39, 0.29) is 23.7 Å². The Morgan fingerprint density at radius 3 is 2.33 bits per heavy atom. The van der Waals surface area contributed by atoms with Crippen molar-refractivity contribution in [1.82, 2.24) is 5.32 Å². The van der Waals surface area contributed by atoms with Gasteiger partial charge >= 0.3 is 0 Å². The quantitative estimate of drug-likeness (QED) is 0.241. The summed E-state index contributed by atoms with van der Waals surface area (Å²) >= 11 is 0. The van der Waals surface area contributed by atoms with Gasteiger partial charge in [-0.05, 0) is 91.8 Å². The molecule has 4 rings (SSSR count). The van der Waals surface area contributed by atoms with Gasteiger partial charge in [0.05, 0.1) is 13.0 Å². The summed E-state index contributed by atoms with van der Waals surface area (Å²) in [6.45, 7) is 10.1.